The molecule has 1 aliphatic rings. The summed E-state index contributed by atoms with van der Waals surface area (Å²) in [7, 11) is 0. The fourth-order valence-corrected chi connectivity index (χ4v) is 2.51. The SMILES string of the molecule is Cc1ccc2c(c1)C(Nc1ncnc(N)c1[N+](=O)[O-])CCO2. The standard InChI is InChI=1S/C14H15N5O3/c1-8-2-3-11-9(6-8)10(4-5-22-11)18-14-12(19(20)21)13(15)16-7-17-14/h2-3,6-7,10H,4-5H2,1H3,(H3,15,16,17,18). The third-order valence-electron chi connectivity index (χ3n) is 3.55. The van der Waals surface area contributed by atoms with Crippen molar-refractivity contribution in [1.82, 2.24) is 9.97 Å². The number of nitrogens with one attached hydrogen (secondary N) is 1. The monoisotopic (exact) mass is 301 g/mol. The average Bonchev–Trinajstić information content (AvgIpc) is 2.47. The van der Waals surface area contributed by atoms with Crippen LogP contribution >= 0.6 is 0 Å². The molecule has 0 radical (unpaired) electrons. The number of nitrogen functional groups attached to an aromatic ring is 1. The molecule has 0 saturated heterocycles. The van der Waals surface area contributed by atoms with Crippen LogP contribution in [-0.2, 0) is 0 Å². The summed E-state index contributed by atoms with van der Waals surface area (Å²) in [6.45, 7) is 2.51. The summed E-state index contributed by atoms with van der Waals surface area (Å²) >= 11 is 0. The fourth-order valence-electron chi connectivity index (χ4n) is 2.51. The number of hydrogen-bond donors (Lipinski definition) is 2. The Hall–Kier alpha value is -2.90. The third kappa shape index (κ3) is 2.50. The van der Waals surface area contributed by atoms with E-state index in [1.165, 1.54) is 6.33 Å². The van der Waals surface area contributed by atoms with Crippen LogP contribution in [0.15, 0.2) is 24.5 Å². The van der Waals surface area contributed by atoms with Gasteiger partial charge in [-0.3, -0.25) is 10.1 Å². The number of nitro groups is 1. The van der Waals surface area contributed by atoms with Gasteiger partial charge in [-0.2, -0.15) is 0 Å². The second-order valence-electron chi connectivity index (χ2n) is 5.09. The maximum Gasteiger partial charge on any atom is 0.353 e. The van der Waals surface area contributed by atoms with E-state index >= 15 is 0 Å². The maximum atomic E-state index is 11.2. The Morgan fingerprint density at radius 2 is 2.27 bits per heavy atom. The van der Waals surface area contributed by atoms with E-state index < -0.39 is 4.92 Å². The molecule has 0 aliphatic carbocycles. The summed E-state index contributed by atoms with van der Waals surface area (Å²) in [4.78, 5) is 18.2. The first kappa shape index (κ1) is 14.1. The summed E-state index contributed by atoms with van der Waals surface area (Å²) in [6, 6.07) is 5.74. The van der Waals surface area contributed by atoms with Gasteiger partial charge < -0.3 is 15.8 Å². The van der Waals surface area contributed by atoms with E-state index in [9.17, 15) is 10.1 Å². The molecule has 22 heavy (non-hydrogen) atoms. The van der Waals surface area contributed by atoms with Gasteiger partial charge in [0.2, 0.25) is 11.6 Å². The van der Waals surface area contributed by atoms with Crippen LogP contribution in [0.5, 0.6) is 5.75 Å². The minimum absolute atomic E-state index is 0.122. The molecule has 1 atom stereocenters. The van der Waals surface area contributed by atoms with Gasteiger partial charge in [-0.05, 0) is 13.0 Å². The number of anilines is 2. The Morgan fingerprint density at radius 3 is 3.05 bits per heavy atom. The highest BCUT2D eigenvalue weighted by atomic mass is 16.6. The summed E-state index contributed by atoms with van der Waals surface area (Å²) in [6.07, 6.45) is 1.89. The van der Waals surface area contributed by atoms with E-state index in [-0.39, 0.29) is 23.4 Å². The zero-order valence-corrected chi connectivity index (χ0v) is 11.9. The predicted molar refractivity (Wildman–Crippen MR) is 80.8 cm³/mol. The highest BCUT2D eigenvalue weighted by molar-refractivity contribution is 5.68. The molecule has 0 amide bonds. The first-order valence-corrected chi connectivity index (χ1v) is 6.81. The van der Waals surface area contributed by atoms with Gasteiger partial charge in [0.05, 0.1) is 17.6 Å². The summed E-state index contributed by atoms with van der Waals surface area (Å²) in [5.41, 5.74) is 7.33. The van der Waals surface area contributed by atoms with Crippen molar-refractivity contribution >= 4 is 17.3 Å². The molecule has 3 N–H and O–H groups in total. The lowest BCUT2D eigenvalue weighted by Gasteiger charge is -2.27. The molecule has 114 valence electrons. The van der Waals surface area contributed by atoms with Crippen LogP contribution in [-0.4, -0.2) is 21.5 Å². The van der Waals surface area contributed by atoms with Crippen molar-refractivity contribution < 1.29 is 9.66 Å². The predicted octanol–water partition coefficient (Wildman–Crippen LogP) is 2.21. The minimum Gasteiger partial charge on any atom is -0.493 e. The number of aryl methyl sites for hydroxylation is 1. The Bertz CT molecular complexity index is 734. The number of nitrogens with zero attached hydrogens (tertiary/aromatic N) is 3. The number of fused-ring (bicyclic) bond motifs is 1. The summed E-state index contributed by atoms with van der Waals surface area (Å²) in [5, 5.41) is 14.3. The lowest BCUT2D eigenvalue weighted by molar-refractivity contribution is -0.383. The average molecular weight is 301 g/mol. The van der Waals surface area contributed by atoms with E-state index in [0.717, 1.165) is 16.9 Å². The van der Waals surface area contributed by atoms with E-state index in [1.54, 1.807) is 0 Å². The van der Waals surface area contributed by atoms with Crippen molar-refractivity contribution in [3.63, 3.8) is 0 Å². The number of aromatic nitrogens is 2. The normalized spacial score (nSPS) is 16.5. The first-order chi connectivity index (χ1) is 10.6. The second-order valence-corrected chi connectivity index (χ2v) is 5.09. The van der Waals surface area contributed by atoms with Crippen molar-refractivity contribution in [2.24, 2.45) is 0 Å². The molecule has 0 saturated carbocycles. The topological polar surface area (TPSA) is 116 Å². The lowest BCUT2D eigenvalue weighted by Crippen LogP contribution is -2.21. The van der Waals surface area contributed by atoms with E-state index in [4.69, 9.17) is 10.5 Å². The largest absolute Gasteiger partial charge is 0.493 e. The smallest absolute Gasteiger partial charge is 0.353 e. The third-order valence-corrected chi connectivity index (χ3v) is 3.55. The van der Waals surface area contributed by atoms with Crippen LogP contribution in [0.3, 0.4) is 0 Å². The van der Waals surface area contributed by atoms with Gasteiger partial charge in [0.25, 0.3) is 0 Å². The van der Waals surface area contributed by atoms with Gasteiger partial charge in [0.1, 0.15) is 12.1 Å². The molecule has 1 aromatic carbocycles. The van der Waals surface area contributed by atoms with Crippen molar-refractivity contribution in [3.8, 4) is 5.75 Å². The summed E-state index contributed by atoms with van der Waals surface area (Å²) in [5.74, 6) is 0.745. The Labute approximate surface area is 126 Å². The molecular formula is C14H15N5O3. The van der Waals surface area contributed by atoms with Crippen LogP contribution in [0.2, 0.25) is 0 Å². The van der Waals surface area contributed by atoms with Gasteiger partial charge in [-0.25, -0.2) is 9.97 Å². The molecule has 1 aromatic heterocycles. The number of ether oxygens (including phenoxy) is 1. The van der Waals surface area contributed by atoms with Gasteiger partial charge >= 0.3 is 5.69 Å². The van der Waals surface area contributed by atoms with E-state index in [1.807, 2.05) is 25.1 Å². The molecule has 1 aliphatic heterocycles. The molecule has 8 heteroatoms. The first-order valence-electron chi connectivity index (χ1n) is 6.81. The Kier molecular flexibility index (Phi) is 3.50. The van der Waals surface area contributed by atoms with Gasteiger partial charge in [-0.15, -0.1) is 0 Å². The van der Waals surface area contributed by atoms with Crippen molar-refractivity contribution in [3.05, 3.63) is 45.8 Å². The van der Waals surface area contributed by atoms with Crippen molar-refractivity contribution in [2.45, 2.75) is 19.4 Å². The molecular weight excluding hydrogens is 286 g/mol. The Balaban J connectivity index is 1.98. The molecule has 8 nitrogen and oxygen atoms in total. The van der Waals surface area contributed by atoms with Crippen molar-refractivity contribution in [2.75, 3.05) is 17.7 Å². The molecule has 3 rings (SSSR count). The number of rotatable bonds is 3. The fraction of sp³-hybridized carbons (Fsp3) is 0.286. The van der Waals surface area contributed by atoms with Crippen molar-refractivity contribution in [1.29, 1.82) is 0 Å². The lowest BCUT2D eigenvalue weighted by atomic mass is 9.98. The molecule has 0 fully saturated rings. The highest BCUT2D eigenvalue weighted by Gasteiger charge is 2.27. The van der Waals surface area contributed by atoms with Crippen LogP contribution in [0.25, 0.3) is 0 Å². The highest BCUT2D eigenvalue weighted by Crippen LogP contribution is 2.37. The second kappa shape index (κ2) is 5.47. The molecule has 0 spiro atoms. The van der Waals surface area contributed by atoms with Gasteiger partial charge in [0.15, 0.2) is 0 Å². The molecule has 2 heterocycles. The van der Waals surface area contributed by atoms with Crippen LogP contribution in [0, 0.1) is 17.0 Å². The molecule has 1 unspecified atom stereocenters. The Morgan fingerprint density at radius 1 is 1.45 bits per heavy atom. The molecule has 0 bridgehead atoms. The van der Waals surface area contributed by atoms with Gasteiger partial charge in [-0.1, -0.05) is 17.7 Å². The number of hydrogen-bond acceptors (Lipinski definition) is 7. The number of benzene rings is 1. The summed E-state index contributed by atoms with van der Waals surface area (Å²) < 4.78 is 5.62. The van der Waals surface area contributed by atoms with E-state index in [2.05, 4.69) is 15.3 Å². The van der Waals surface area contributed by atoms with Crippen LogP contribution in [0.4, 0.5) is 17.3 Å². The minimum atomic E-state index is -0.575. The zero-order chi connectivity index (χ0) is 15.7. The maximum absolute atomic E-state index is 11.2. The quantitative estimate of drug-likeness (QED) is 0.659. The van der Waals surface area contributed by atoms with E-state index in [0.29, 0.717) is 13.0 Å². The number of nitrogens with two attached hydrogens (primary N) is 1. The van der Waals surface area contributed by atoms with Crippen LogP contribution in [0.1, 0.15) is 23.6 Å². The van der Waals surface area contributed by atoms with Gasteiger partial charge in [0, 0.05) is 12.0 Å². The molecule has 2 aromatic rings. The zero-order valence-electron chi connectivity index (χ0n) is 11.9. The van der Waals surface area contributed by atoms with Crippen LogP contribution < -0.4 is 15.8 Å².